The topological polar surface area (TPSA) is 124 Å². The minimum Gasteiger partial charge on any atom is -0.492 e. The fraction of sp³-hybridized carbons (Fsp3) is 0.208. The van der Waals surface area contributed by atoms with E-state index in [1.165, 1.54) is 20.3 Å². The van der Waals surface area contributed by atoms with Crippen molar-refractivity contribution in [3.05, 3.63) is 74.9 Å². The molecule has 0 saturated carbocycles. The average molecular weight is 546 g/mol. The van der Waals surface area contributed by atoms with Gasteiger partial charge in [0.1, 0.15) is 11.5 Å². The number of allylic oxidation sites excluding steroid dienone is 1. The summed E-state index contributed by atoms with van der Waals surface area (Å²) >= 11 is 3.23. The number of benzene rings is 2. The van der Waals surface area contributed by atoms with E-state index in [0.29, 0.717) is 5.56 Å². The second kappa shape index (κ2) is 10.5. The van der Waals surface area contributed by atoms with Gasteiger partial charge in [-0.15, -0.1) is 0 Å². The van der Waals surface area contributed by atoms with Gasteiger partial charge in [0.15, 0.2) is 11.5 Å². The molecule has 2 aromatic rings. The van der Waals surface area contributed by atoms with Crippen LogP contribution in [0.3, 0.4) is 0 Å². The summed E-state index contributed by atoms with van der Waals surface area (Å²) < 4.78 is 35.7. The summed E-state index contributed by atoms with van der Waals surface area (Å²) in [5.41, 5.74) is 6.21. The Balaban J connectivity index is 2.50. The molecule has 182 valence electrons. The van der Waals surface area contributed by atoms with E-state index in [4.69, 9.17) is 24.7 Å². The van der Waals surface area contributed by atoms with Gasteiger partial charge in [0.05, 0.1) is 61.7 Å². The summed E-state index contributed by atoms with van der Waals surface area (Å²) in [6.45, 7) is 0. The Bertz CT molecular complexity index is 1290. The van der Waals surface area contributed by atoms with Crippen LogP contribution in [0.2, 0.25) is 0 Å². The number of hydrogen-bond acceptors (Lipinski definition) is 9. The highest BCUT2D eigenvalue weighted by molar-refractivity contribution is 9.10. The van der Waals surface area contributed by atoms with Crippen molar-refractivity contribution in [3.63, 3.8) is 0 Å². The van der Waals surface area contributed by atoms with Gasteiger partial charge in [-0.1, -0.05) is 30.3 Å². The summed E-state index contributed by atoms with van der Waals surface area (Å²) in [7, 11) is 4.72. The first-order valence-corrected chi connectivity index (χ1v) is 10.8. The van der Waals surface area contributed by atoms with Crippen LogP contribution in [0.4, 0.5) is 10.1 Å². The van der Waals surface area contributed by atoms with E-state index in [9.17, 15) is 14.9 Å². The standard InChI is InChI=1S/C24H21BrFN3O6/c1-32-20-14(25)10-15(21(33-2)18(20)26)29-19(24(31)35-4)17(23(30)34-3)16(13(11-27)22(29)28)12-8-6-5-7-9-12/h5-10,16H,28H2,1-4H3. The molecular formula is C24H21BrFN3O6. The third-order valence-corrected chi connectivity index (χ3v) is 5.96. The number of halogens is 2. The van der Waals surface area contributed by atoms with Crippen LogP contribution in [0.5, 0.6) is 11.5 Å². The van der Waals surface area contributed by atoms with E-state index in [-0.39, 0.29) is 44.3 Å². The van der Waals surface area contributed by atoms with Crippen LogP contribution in [-0.4, -0.2) is 40.4 Å². The first-order valence-electron chi connectivity index (χ1n) is 10.0. The van der Waals surface area contributed by atoms with E-state index in [1.807, 2.05) is 6.07 Å². The van der Waals surface area contributed by atoms with Crippen molar-refractivity contribution in [2.75, 3.05) is 33.3 Å². The maximum atomic E-state index is 15.3. The number of hydrogen-bond donors (Lipinski definition) is 1. The van der Waals surface area contributed by atoms with Crippen molar-refractivity contribution in [2.24, 2.45) is 5.73 Å². The average Bonchev–Trinajstić information content (AvgIpc) is 2.87. The Morgan fingerprint density at radius 3 is 2.17 bits per heavy atom. The number of carbonyl (C=O) groups excluding carboxylic acids is 2. The molecule has 2 aromatic carbocycles. The Labute approximate surface area is 209 Å². The van der Waals surface area contributed by atoms with Crippen molar-refractivity contribution < 1.29 is 32.9 Å². The molecule has 0 aliphatic carbocycles. The van der Waals surface area contributed by atoms with Crippen molar-refractivity contribution in [2.45, 2.75) is 5.92 Å². The number of rotatable bonds is 6. The fourth-order valence-electron chi connectivity index (χ4n) is 3.88. The second-order valence-electron chi connectivity index (χ2n) is 7.09. The van der Waals surface area contributed by atoms with Crippen LogP contribution in [0.1, 0.15) is 11.5 Å². The predicted octanol–water partition coefficient (Wildman–Crippen LogP) is 3.50. The van der Waals surface area contributed by atoms with Crippen LogP contribution >= 0.6 is 15.9 Å². The van der Waals surface area contributed by atoms with Crippen molar-refractivity contribution >= 4 is 33.6 Å². The van der Waals surface area contributed by atoms with Gasteiger partial charge in [-0.05, 0) is 27.6 Å². The number of nitrogens with two attached hydrogens (primary N) is 1. The summed E-state index contributed by atoms with van der Waals surface area (Å²) in [5, 5.41) is 10.1. The lowest BCUT2D eigenvalue weighted by Crippen LogP contribution is -2.41. The number of nitrogens with zero attached hydrogens (tertiary/aromatic N) is 2. The van der Waals surface area contributed by atoms with E-state index in [1.54, 1.807) is 30.3 Å². The van der Waals surface area contributed by atoms with E-state index >= 15 is 4.39 Å². The number of esters is 2. The number of methoxy groups -OCH3 is 4. The van der Waals surface area contributed by atoms with Gasteiger partial charge in [0.25, 0.3) is 0 Å². The molecule has 0 bridgehead atoms. The van der Waals surface area contributed by atoms with Crippen molar-refractivity contribution in [1.29, 1.82) is 5.26 Å². The quantitative estimate of drug-likeness (QED) is 0.542. The van der Waals surface area contributed by atoms with Gasteiger partial charge in [-0.25, -0.2) is 9.59 Å². The zero-order valence-corrected chi connectivity index (χ0v) is 20.8. The molecule has 0 saturated heterocycles. The number of carbonyl (C=O) groups is 2. The molecule has 0 radical (unpaired) electrons. The minimum absolute atomic E-state index is 0.0707. The van der Waals surface area contributed by atoms with Crippen LogP contribution in [0.15, 0.2) is 63.5 Å². The first-order chi connectivity index (χ1) is 16.8. The number of ether oxygens (including phenoxy) is 4. The van der Waals surface area contributed by atoms with Gasteiger partial charge < -0.3 is 24.7 Å². The molecule has 3 rings (SSSR count). The summed E-state index contributed by atoms with van der Waals surface area (Å²) in [6.07, 6.45) is 0. The molecule has 1 atom stereocenters. The molecule has 1 aliphatic heterocycles. The van der Waals surface area contributed by atoms with Crippen LogP contribution < -0.4 is 20.1 Å². The molecule has 0 fully saturated rings. The molecule has 0 aromatic heterocycles. The molecule has 1 unspecified atom stereocenters. The molecule has 0 spiro atoms. The van der Waals surface area contributed by atoms with Gasteiger partial charge in [0, 0.05) is 0 Å². The van der Waals surface area contributed by atoms with Crippen LogP contribution in [0.25, 0.3) is 0 Å². The normalized spacial score (nSPS) is 15.5. The SMILES string of the molecule is COC(=O)C1=C(C(=O)OC)N(c2cc(Br)c(OC)c(F)c2OC)C(N)=C(C#N)C1c1ccccc1. The lowest BCUT2D eigenvalue weighted by molar-refractivity contribution is -0.139. The Kier molecular flexibility index (Phi) is 7.66. The lowest BCUT2D eigenvalue weighted by atomic mass is 9.81. The van der Waals surface area contributed by atoms with Gasteiger partial charge >= 0.3 is 11.9 Å². The van der Waals surface area contributed by atoms with Gasteiger partial charge in [-0.3, -0.25) is 4.90 Å². The summed E-state index contributed by atoms with van der Waals surface area (Å²) in [4.78, 5) is 27.3. The Morgan fingerprint density at radius 1 is 1.06 bits per heavy atom. The number of anilines is 1. The molecule has 11 heteroatoms. The highest BCUT2D eigenvalue weighted by atomic mass is 79.9. The predicted molar refractivity (Wildman–Crippen MR) is 127 cm³/mol. The Hall–Kier alpha value is -4.04. The summed E-state index contributed by atoms with van der Waals surface area (Å²) in [6, 6.07) is 11.9. The lowest BCUT2D eigenvalue weighted by Gasteiger charge is -2.36. The van der Waals surface area contributed by atoms with E-state index < -0.39 is 23.7 Å². The van der Waals surface area contributed by atoms with E-state index in [2.05, 4.69) is 15.9 Å². The van der Waals surface area contributed by atoms with E-state index in [0.717, 1.165) is 19.1 Å². The number of nitriles is 1. The van der Waals surface area contributed by atoms with Crippen molar-refractivity contribution in [1.82, 2.24) is 0 Å². The minimum atomic E-state index is -1.06. The first kappa shape index (κ1) is 25.6. The second-order valence-corrected chi connectivity index (χ2v) is 7.95. The fourth-order valence-corrected chi connectivity index (χ4v) is 4.44. The highest BCUT2D eigenvalue weighted by Gasteiger charge is 2.44. The maximum absolute atomic E-state index is 15.3. The zero-order chi connectivity index (χ0) is 25.9. The molecular weight excluding hydrogens is 525 g/mol. The smallest absolute Gasteiger partial charge is 0.355 e. The molecule has 1 aliphatic rings. The molecule has 1 heterocycles. The van der Waals surface area contributed by atoms with Gasteiger partial charge in [0.2, 0.25) is 5.82 Å². The highest BCUT2D eigenvalue weighted by Crippen LogP contribution is 2.48. The Morgan fingerprint density at radius 2 is 1.66 bits per heavy atom. The van der Waals surface area contributed by atoms with Gasteiger partial charge in [-0.2, -0.15) is 9.65 Å². The van der Waals surface area contributed by atoms with Crippen molar-refractivity contribution in [3.8, 4) is 17.6 Å². The van der Waals surface area contributed by atoms with Crippen LogP contribution in [0, 0.1) is 17.1 Å². The molecule has 9 nitrogen and oxygen atoms in total. The zero-order valence-electron chi connectivity index (χ0n) is 19.2. The molecule has 0 amide bonds. The molecule has 35 heavy (non-hydrogen) atoms. The maximum Gasteiger partial charge on any atom is 0.355 e. The third-order valence-electron chi connectivity index (χ3n) is 5.37. The van der Waals surface area contributed by atoms with Crippen LogP contribution in [-0.2, 0) is 19.1 Å². The summed E-state index contributed by atoms with van der Waals surface area (Å²) in [5.74, 6) is -4.59. The third kappa shape index (κ3) is 4.28. The molecule has 2 N–H and O–H groups in total. The largest absolute Gasteiger partial charge is 0.492 e. The monoisotopic (exact) mass is 545 g/mol.